The summed E-state index contributed by atoms with van der Waals surface area (Å²) in [6, 6.07) is 1.52. The number of likely N-dealkylation sites (tertiary alicyclic amines) is 1. The van der Waals surface area contributed by atoms with E-state index in [2.05, 4.69) is 20.9 Å². The Kier molecular flexibility index (Phi) is 9.89. The Labute approximate surface area is 285 Å². The van der Waals surface area contributed by atoms with Crippen LogP contribution in [0.1, 0.15) is 70.3 Å². The van der Waals surface area contributed by atoms with Crippen molar-refractivity contribution >= 4 is 35.4 Å². The van der Waals surface area contributed by atoms with Crippen LogP contribution in [-0.2, 0) is 23.9 Å². The van der Waals surface area contributed by atoms with Gasteiger partial charge < -0.3 is 30.5 Å². The van der Waals surface area contributed by atoms with Crippen LogP contribution in [0.25, 0.3) is 0 Å². The second kappa shape index (κ2) is 13.8. The Bertz CT molecular complexity index is 1470. The first-order valence-electron chi connectivity index (χ1n) is 17.6. The summed E-state index contributed by atoms with van der Waals surface area (Å²) >= 11 is 0. The Morgan fingerprint density at radius 1 is 0.959 bits per heavy atom. The summed E-state index contributed by atoms with van der Waals surface area (Å²) in [6.07, 6.45) is 3.79. The lowest BCUT2D eigenvalue weighted by atomic mass is 9.88. The number of hydrogen-bond acceptors (Lipinski definition) is 7. The number of ether oxygens (including phenoxy) is 1. The van der Waals surface area contributed by atoms with Crippen LogP contribution < -0.4 is 16.0 Å². The van der Waals surface area contributed by atoms with Gasteiger partial charge in [-0.25, -0.2) is 13.6 Å². The Morgan fingerprint density at radius 3 is 2.16 bits per heavy atom. The third kappa shape index (κ3) is 7.53. The number of hydrogen-bond donors (Lipinski definition) is 3. The fourth-order valence-electron chi connectivity index (χ4n) is 7.25. The fourth-order valence-corrected chi connectivity index (χ4v) is 7.25. The predicted octanol–water partition coefficient (Wildman–Crippen LogP) is 2.78. The van der Waals surface area contributed by atoms with E-state index in [-0.39, 0.29) is 48.2 Å². The van der Waals surface area contributed by atoms with Gasteiger partial charge in [0, 0.05) is 38.1 Å². The number of halogens is 2. The molecule has 0 radical (unpaired) electrons. The molecular weight excluding hydrogens is 638 g/mol. The van der Waals surface area contributed by atoms with E-state index in [9.17, 15) is 28.4 Å². The fraction of sp³-hybridized carbons (Fsp3) is 0.686. The van der Waals surface area contributed by atoms with E-state index in [0.717, 1.165) is 25.7 Å². The molecule has 5 aliphatic rings. The van der Waals surface area contributed by atoms with Crippen molar-refractivity contribution in [3.63, 3.8) is 0 Å². The third-order valence-electron chi connectivity index (χ3n) is 11.2. The molecule has 0 aromatic heterocycles. The largest absolute Gasteiger partial charge is 0.453 e. The number of anilines is 1. The number of likely N-dealkylation sites (N-methyl/N-ethyl adjacent to an activating group) is 1. The van der Waals surface area contributed by atoms with Crippen LogP contribution in [-0.4, -0.2) is 115 Å². The third-order valence-corrected chi connectivity index (χ3v) is 11.2. The lowest BCUT2D eigenvalue weighted by molar-refractivity contribution is -0.141. The van der Waals surface area contributed by atoms with E-state index in [0.29, 0.717) is 38.2 Å². The number of piperazine rings is 1. The van der Waals surface area contributed by atoms with Gasteiger partial charge in [-0.2, -0.15) is 0 Å². The van der Waals surface area contributed by atoms with Crippen molar-refractivity contribution in [1.29, 1.82) is 0 Å². The molecular formula is C35H48F2N6O6. The highest BCUT2D eigenvalue weighted by Crippen LogP contribution is 2.51. The van der Waals surface area contributed by atoms with E-state index < -0.39 is 59.3 Å². The molecule has 0 spiro atoms. The molecule has 5 fully saturated rings. The number of methoxy groups -OCH3 is 1. The topological polar surface area (TPSA) is 140 Å². The van der Waals surface area contributed by atoms with Crippen LogP contribution in [0.5, 0.6) is 0 Å². The smallest absolute Gasteiger partial charge is 0.410 e. The highest BCUT2D eigenvalue weighted by Gasteiger charge is 2.54. The summed E-state index contributed by atoms with van der Waals surface area (Å²) in [5, 5.41) is 8.18. The van der Waals surface area contributed by atoms with Crippen molar-refractivity contribution in [1.82, 2.24) is 25.3 Å². The highest BCUT2D eigenvalue weighted by molar-refractivity contribution is 5.99. The number of alkyl halides is 1. The second-order valence-electron chi connectivity index (χ2n) is 14.8. The van der Waals surface area contributed by atoms with Gasteiger partial charge in [0.25, 0.3) is 5.91 Å². The standard InChI is InChI=1S/C35H48F2N6O6/c1-19-18-42(16-15-41(19)3)32(46)28(39-30(44)26-11-14-43(26)34(48)49-4)20(2)23-9-10-25(24(36)17-23)38-31(45)29(40-33(47)35(37)12-13-35)27(21-5-6-21)22-7-8-22/h9-10,17,19-22,26-29H,5-8,11-16,18H2,1-4H3,(H,38,45)(H,39,44)(H,40,47)/t19-,20+,26+,28-,29+/m1/s1. The van der Waals surface area contributed by atoms with Gasteiger partial charge >= 0.3 is 6.09 Å². The van der Waals surface area contributed by atoms with Gasteiger partial charge in [0.15, 0.2) is 5.67 Å². The molecule has 3 aliphatic carbocycles. The lowest BCUT2D eigenvalue weighted by Crippen LogP contribution is -2.63. The molecule has 1 aromatic carbocycles. The molecule has 5 amide bonds. The number of carbonyl (C=O) groups excluding carboxylic acids is 5. The van der Waals surface area contributed by atoms with Gasteiger partial charge in [0.05, 0.1) is 12.8 Å². The van der Waals surface area contributed by atoms with Crippen molar-refractivity contribution in [2.75, 3.05) is 45.7 Å². The van der Waals surface area contributed by atoms with Gasteiger partial charge in [-0.3, -0.25) is 24.1 Å². The van der Waals surface area contributed by atoms with Gasteiger partial charge in [-0.1, -0.05) is 13.0 Å². The van der Waals surface area contributed by atoms with Gasteiger partial charge in [0.2, 0.25) is 17.7 Å². The number of nitrogens with zero attached hydrogens (tertiary/aromatic N) is 3. The summed E-state index contributed by atoms with van der Waals surface area (Å²) in [7, 11) is 3.22. The van der Waals surface area contributed by atoms with Gasteiger partial charge in [0.1, 0.15) is 23.9 Å². The maximum Gasteiger partial charge on any atom is 0.410 e. The first-order valence-corrected chi connectivity index (χ1v) is 17.6. The first kappa shape index (κ1) is 35.0. The molecule has 12 nitrogen and oxygen atoms in total. The monoisotopic (exact) mass is 686 g/mol. The van der Waals surface area contributed by atoms with Crippen LogP contribution in [0.4, 0.5) is 19.3 Å². The lowest BCUT2D eigenvalue weighted by Gasteiger charge is -2.42. The first-order chi connectivity index (χ1) is 23.3. The van der Waals surface area contributed by atoms with Crippen LogP contribution in [0.2, 0.25) is 0 Å². The van der Waals surface area contributed by atoms with Crippen LogP contribution in [0.15, 0.2) is 18.2 Å². The molecule has 3 N–H and O–H groups in total. The van der Waals surface area contributed by atoms with Crippen LogP contribution in [0.3, 0.4) is 0 Å². The molecule has 1 aromatic rings. The second-order valence-corrected chi connectivity index (χ2v) is 14.8. The molecule has 0 unspecified atom stereocenters. The molecule has 49 heavy (non-hydrogen) atoms. The summed E-state index contributed by atoms with van der Waals surface area (Å²) < 4.78 is 35.2. The zero-order chi connectivity index (χ0) is 35.2. The molecule has 14 heteroatoms. The quantitative estimate of drug-likeness (QED) is 0.307. The normalized spacial score (nSPS) is 25.0. The number of carbonyl (C=O) groups is 5. The minimum atomic E-state index is -1.94. The van der Waals surface area contributed by atoms with E-state index in [1.807, 2.05) is 14.0 Å². The molecule has 2 aliphatic heterocycles. The van der Waals surface area contributed by atoms with Crippen molar-refractivity contribution < 1.29 is 37.5 Å². The number of nitrogens with one attached hydrogen (secondary N) is 3. The zero-order valence-corrected chi connectivity index (χ0v) is 28.7. The van der Waals surface area contributed by atoms with Gasteiger partial charge in [-0.05, 0) is 94.4 Å². The van der Waals surface area contributed by atoms with E-state index in [4.69, 9.17) is 4.74 Å². The maximum atomic E-state index is 15.8. The Balaban J connectivity index is 1.19. The van der Waals surface area contributed by atoms with E-state index in [1.54, 1.807) is 17.9 Å². The van der Waals surface area contributed by atoms with Gasteiger partial charge in [-0.15, -0.1) is 0 Å². The molecule has 6 rings (SSSR count). The number of amides is 5. The molecule has 2 heterocycles. The van der Waals surface area contributed by atoms with Crippen molar-refractivity contribution in [2.24, 2.45) is 17.8 Å². The number of benzene rings is 1. The van der Waals surface area contributed by atoms with E-state index >= 15 is 4.39 Å². The predicted molar refractivity (Wildman–Crippen MR) is 176 cm³/mol. The zero-order valence-electron chi connectivity index (χ0n) is 28.7. The summed E-state index contributed by atoms with van der Waals surface area (Å²) in [5.74, 6) is -3.21. The maximum absolute atomic E-state index is 15.8. The minimum absolute atomic E-state index is 0.0962. The van der Waals surface area contributed by atoms with E-state index in [1.165, 1.54) is 24.1 Å². The molecule has 268 valence electrons. The van der Waals surface area contributed by atoms with Crippen molar-refractivity contribution in [3.8, 4) is 0 Å². The molecule has 3 saturated carbocycles. The Hall–Kier alpha value is -3.81. The molecule has 5 atom stereocenters. The minimum Gasteiger partial charge on any atom is -0.453 e. The summed E-state index contributed by atoms with van der Waals surface area (Å²) in [5.41, 5.74) is -1.63. The highest BCUT2D eigenvalue weighted by atomic mass is 19.1. The van der Waals surface area contributed by atoms with Crippen molar-refractivity contribution in [2.45, 2.75) is 94.5 Å². The molecule has 2 saturated heterocycles. The average Bonchev–Trinajstić information content (AvgIpc) is 3.91. The van der Waals surface area contributed by atoms with Crippen LogP contribution in [0, 0.1) is 23.6 Å². The number of rotatable bonds is 12. The molecule has 0 bridgehead atoms. The summed E-state index contributed by atoms with van der Waals surface area (Å²) in [6.45, 7) is 5.65. The SMILES string of the molecule is COC(=O)N1CC[C@H]1C(=O)N[C@@H](C(=O)N1CCN(C)[C@H](C)C1)[C@@H](C)c1ccc(NC(=O)[C@@H](NC(=O)C2(F)CC2)C(C2CC2)C2CC2)c(F)c1. The summed E-state index contributed by atoms with van der Waals surface area (Å²) in [4.78, 5) is 71.0. The van der Waals surface area contributed by atoms with Crippen molar-refractivity contribution in [3.05, 3.63) is 29.6 Å². The Morgan fingerprint density at radius 2 is 1.63 bits per heavy atom. The van der Waals surface area contributed by atoms with Crippen LogP contribution >= 0.6 is 0 Å². The average molecular weight is 687 g/mol.